The first-order valence-corrected chi connectivity index (χ1v) is 10.1. The molecule has 3 unspecified atom stereocenters. The van der Waals surface area contributed by atoms with Crippen molar-refractivity contribution < 1.29 is 9.32 Å². The molecule has 1 fully saturated rings. The predicted octanol–water partition coefficient (Wildman–Crippen LogP) is 4.13. The largest absolute Gasteiger partial charge is 0.337 e. The number of nitrogens with zero attached hydrogens (tertiary/aromatic N) is 3. The number of aromatic nitrogens is 2. The molecular weight excluding hydrogens is 364 g/mol. The highest BCUT2D eigenvalue weighted by Crippen LogP contribution is 2.33. The molecule has 6 heteroatoms. The van der Waals surface area contributed by atoms with E-state index in [2.05, 4.69) is 10.1 Å². The van der Waals surface area contributed by atoms with Gasteiger partial charge in [0.15, 0.2) is 0 Å². The molecule has 3 atom stereocenters. The van der Waals surface area contributed by atoms with Gasteiger partial charge in [-0.1, -0.05) is 72.7 Å². The zero-order valence-electron chi connectivity index (χ0n) is 16.6. The molecule has 1 aliphatic rings. The standard InChI is InChI=1S/C23H26N4O2/c1-16(20(24)17-10-4-2-5-11-17)23(28)27-15-9-8-14-19(27)22-25-21(26-29-22)18-12-6-3-7-13-18/h2-7,10-13,16,19-20H,8-9,14-15,24H2,1H3. The SMILES string of the molecule is CC(C(=O)N1CCCCC1c1nc(-c2ccccc2)no1)C(N)c1ccccc1. The fourth-order valence-corrected chi connectivity index (χ4v) is 3.91. The third-order valence-corrected chi connectivity index (χ3v) is 5.66. The van der Waals surface area contributed by atoms with E-state index < -0.39 is 0 Å². The maximum atomic E-state index is 13.3. The molecule has 2 N–H and O–H groups in total. The van der Waals surface area contributed by atoms with Crippen molar-refractivity contribution in [3.63, 3.8) is 0 Å². The van der Waals surface area contributed by atoms with Gasteiger partial charge in [0.05, 0.1) is 5.92 Å². The van der Waals surface area contributed by atoms with E-state index in [1.54, 1.807) is 0 Å². The van der Waals surface area contributed by atoms with E-state index in [1.165, 1.54) is 0 Å². The van der Waals surface area contributed by atoms with Crippen molar-refractivity contribution in [2.75, 3.05) is 6.54 Å². The summed E-state index contributed by atoms with van der Waals surface area (Å²) in [5, 5.41) is 4.13. The van der Waals surface area contributed by atoms with Crippen LogP contribution in [-0.2, 0) is 4.79 Å². The molecule has 1 aromatic heterocycles. The summed E-state index contributed by atoms with van der Waals surface area (Å²) in [6, 6.07) is 18.9. The zero-order chi connectivity index (χ0) is 20.2. The summed E-state index contributed by atoms with van der Waals surface area (Å²) in [5.41, 5.74) is 8.27. The van der Waals surface area contributed by atoms with Gasteiger partial charge in [0.2, 0.25) is 17.6 Å². The number of amides is 1. The fourth-order valence-electron chi connectivity index (χ4n) is 3.91. The number of hydrogen-bond acceptors (Lipinski definition) is 5. The summed E-state index contributed by atoms with van der Waals surface area (Å²) in [7, 11) is 0. The van der Waals surface area contributed by atoms with Crippen molar-refractivity contribution in [1.29, 1.82) is 0 Å². The molecule has 0 spiro atoms. The van der Waals surface area contributed by atoms with Gasteiger partial charge in [-0.2, -0.15) is 4.98 Å². The number of carbonyl (C=O) groups excluding carboxylic acids is 1. The van der Waals surface area contributed by atoms with E-state index in [-0.39, 0.29) is 23.9 Å². The first-order valence-electron chi connectivity index (χ1n) is 10.1. The van der Waals surface area contributed by atoms with Crippen LogP contribution in [-0.4, -0.2) is 27.5 Å². The van der Waals surface area contributed by atoms with Crippen molar-refractivity contribution in [3.8, 4) is 11.4 Å². The number of piperidine rings is 1. The van der Waals surface area contributed by atoms with E-state index in [0.29, 0.717) is 18.3 Å². The molecule has 1 aliphatic heterocycles. The van der Waals surface area contributed by atoms with Gasteiger partial charge >= 0.3 is 0 Å². The maximum absolute atomic E-state index is 13.3. The Hall–Kier alpha value is -2.99. The minimum atomic E-state index is -0.353. The van der Waals surface area contributed by atoms with Crippen LogP contribution in [0.2, 0.25) is 0 Å². The number of likely N-dealkylation sites (tertiary alicyclic amines) is 1. The normalized spacial score (nSPS) is 19.0. The highest BCUT2D eigenvalue weighted by atomic mass is 16.5. The second kappa shape index (κ2) is 8.57. The van der Waals surface area contributed by atoms with Gasteiger partial charge < -0.3 is 15.2 Å². The molecular formula is C23H26N4O2. The van der Waals surface area contributed by atoms with Gasteiger partial charge in [-0.3, -0.25) is 4.79 Å². The summed E-state index contributed by atoms with van der Waals surface area (Å²) in [6.07, 6.45) is 2.81. The molecule has 29 heavy (non-hydrogen) atoms. The van der Waals surface area contributed by atoms with Crippen LogP contribution in [0.1, 0.15) is 49.7 Å². The summed E-state index contributed by atoms with van der Waals surface area (Å²) in [5.74, 6) is 0.741. The minimum absolute atomic E-state index is 0.0329. The summed E-state index contributed by atoms with van der Waals surface area (Å²) < 4.78 is 5.58. The molecule has 150 valence electrons. The van der Waals surface area contributed by atoms with Crippen molar-refractivity contribution in [3.05, 3.63) is 72.1 Å². The fraction of sp³-hybridized carbons (Fsp3) is 0.348. The number of carbonyl (C=O) groups is 1. The first kappa shape index (κ1) is 19.3. The highest BCUT2D eigenvalue weighted by Gasteiger charge is 2.36. The smallest absolute Gasteiger partial charge is 0.249 e. The van der Waals surface area contributed by atoms with Gasteiger partial charge in [-0.15, -0.1) is 0 Å². The van der Waals surface area contributed by atoms with E-state index >= 15 is 0 Å². The van der Waals surface area contributed by atoms with Gasteiger partial charge in [0.25, 0.3) is 0 Å². The van der Waals surface area contributed by atoms with E-state index in [0.717, 1.165) is 30.4 Å². The lowest BCUT2D eigenvalue weighted by Gasteiger charge is -2.36. The number of hydrogen-bond donors (Lipinski definition) is 1. The third-order valence-electron chi connectivity index (χ3n) is 5.66. The number of nitrogens with two attached hydrogens (primary N) is 1. The molecule has 6 nitrogen and oxygen atoms in total. The zero-order valence-corrected chi connectivity index (χ0v) is 16.6. The van der Waals surface area contributed by atoms with Crippen LogP contribution in [0.3, 0.4) is 0 Å². The van der Waals surface area contributed by atoms with Crippen LogP contribution in [0.25, 0.3) is 11.4 Å². The lowest BCUT2D eigenvalue weighted by Crippen LogP contribution is -2.44. The molecule has 2 heterocycles. The van der Waals surface area contributed by atoms with Crippen molar-refractivity contribution in [2.45, 2.75) is 38.3 Å². The second-order valence-corrected chi connectivity index (χ2v) is 7.59. The van der Waals surface area contributed by atoms with Gasteiger partial charge in [0.1, 0.15) is 6.04 Å². The topological polar surface area (TPSA) is 85.2 Å². The molecule has 2 aromatic carbocycles. The Morgan fingerprint density at radius 3 is 2.52 bits per heavy atom. The van der Waals surface area contributed by atoms with Crippen LogP contribution in [0.4, 0.5) is 0 Å². The molecule has 1 saturated heterocycles. The molecule has 0 saturated carbocycles. The van der Waals surface area contributed by atoms with Crippen LogP contribution < -0.4 is 5.73 Å². The average molecular weight is 390 g/mol. The van der Waals surface area contributed by atoms with Crippen LogP contribution >= 0.6 is 0 Å². The van der Waals surface area contributed by atoms with Crippen molar-refractivity contribution in [1.82, 2.24) is 15.0 Å². The van der Waals surface area contributed by atoms with Crippen molar-refractivity contribution >= 4 is 5.91 Å². The molecule has 3 aromatic rings. The summed E-state index contributed by atoms with van der Waals surface area (Å²) in [6.45, 7) is 2.58. The molecule has 0 bridgehead atoms. The summed E-state index contributed by atoms with van der Waals surface area (Å²) >= 11 is 0. The first-order chi connectivity index (χ1) is 14.1. The molecule has 4 rings (SSSR count). The maximum Gasteiger partial charge on any atom is 0.249 e. The van der Waals surface area contributed by atoms with E-state index in [4.69, 9.17) is 10.3 Å². The Bertz CT molecular complexity index is 942. The monoisotopic (exact) mass is 390 g/mol. The Morgan fingerprint density at radius 2 is 1.79 bits per heavy atom. The quantitative estimate of drug-likeness (QED) is 0.708. The lowest BCUT2D eigenvalue weighted by molar-refractivity contribution is -0.140. The summed E-state index contributed by atoms with van der Waals surface area (Å²) in [4.78, 5) is 19.8. The van der Waals surface area contributed by atoms with E-state index in [1.807, 2.05) is 72.5 Å². The highest BCUT2D eigenvalue weighted by molar-refractivity contribution is 5.80. The Morgan fingerprint density at radius 1 is 1.10 bits per heavy atom. The number of rotatable bonds is 5. The van der Waals surface area contributed by atoms with E-state index in [9.17, 15) is 4.79 Å². The Labute approximate surface area is 170 Å². The molecule has 0 radical (unpaired) electrons. The average Bonchev–Trinajstić information content (AvgIpc) is 3.29. The van der Waals surface area contributed by atoms with Gasteiger partial charge in [0, 0.05) is 18.2 Å². The van der Waals surface area contributed by atoms with Crippen LogP contribution in [0.15, 0.2) is 65.2 Å². The van der Waals surface area contributed by atoms with Gasteiger partial charge in [-0.25, -0.2) is 0 Å². The Kier molecular flexibility index (Phi) is 5.71. The second-order valence-electron chi connectivity index (χ2n) is 7.59. The molecule has 0 aliphatic carbocycles. The predicted molar refractivity (Wildman–Crippen MR) is 111 cm³/mol. The van der Waals surface area contributed by atoms with Crippen LogP contribution in [0, 0.1) is 5.92 Å². The third kappa shape index (κ3) is 4.07. The Balaban J connectivity index is 1.54. The van der Waals surface area contributed by atoms with Crippen LogP contribution in [0.5, 0.6) is 0 Å². The molecule has 1 amide bonds. The van der Waals surface area contributed by atoms with Gasteiger partial charge in [-0.05, 0) is 24.8 Å². The number of benzene rings is 2. The minimum Gasteiger partial charge on any atom is -0.337 e. The lowest BCUT2D eigenvalue weighted by atomic mass is 9.92. The van der Waals surface area contributed by atoms with Crippen molar-refractivity contribution in [2.24, 2.45) is 11.7 Å².